The van der Waals surface area contributed by atoms with E-state index in [-0.39, 0.29) is 11.2 Å². The van der Waals surface area contributed by atoms with Crippen LogP contribution < -0.4 is 4.90 Å². The molecule has 1 aliphatic rings. The van der Waals surface area contributed by atoms with E-state index in [9.17, 15) is 14.9 Å². The van der Waals surface area contributed by atoms with Gasteiger partial charge in [-0.25, -0.2) is 4.63 Å². The van der Waals surface area contributed by atoms with Crippen LogP contribution >= 0.6 is 0 Å². The maximum absolute atomic E-state index is 10.9. The number of amides is 1. The number of piperazine rings is 1. The first-order valence-electron chi connectivity index (χ1n) is 6.04. The highest BCUT2D eigenvalue weighted by atomic mass is 16.6. The number of nitro benzene ring substituents is 1. The lowest BCUT2D eigenvalue weighted by Crippen LogP contribution is -2.45. The number of fused-ring (bicyclic) bond motifs is 1. The minimum atomic E-state index is -0.513. The molecule has 1 aromatic carbocycles. The third-order valence-corrected chi connectivity index (χ3v) is 3.37. The molecule has 0 atom stereocenters. The molecule has 1 aliphatic heterocycles. The standard InChI is InChI=1S/C11H11N5O4/c17-7-14-3-5-15(6-4-14)8-1-2-9(16(18)19)11-10(8)12-20-13-11/h1-2,7H,3-6H2. The number of carbonyl (C=O) groups is 1. The number of benzene rings is 1. The Morgan fingerprint density at radius 3 is 2.55 bits per heavy atom. The van der Waals surface area contributed by atoms with Gasteiger partial charge in [-0.05, 0) is 16.4 Å². The van der Waals surface area contributed by atoms with Crippen molar-refractivity contribution in [3.63, 3.8) is 0 Å². The number of nitrogens with zero attached hydrogens (tertiary/aromatic N) is 5. The van der Waals surface area contributed by atoms with Crippen LogP contribution in [0.5, 0.6) is 0 Å². The first-order valence-corrected chi connectivity index (χ1v) is 6.04. The minimum Gasteiger partial charge on any atom is -0.366 e. The molecule has 0 aliphatic carbocycles. The molecule has 0 saturated carbocycles. The number of anilines is 1. The summed E-state index contributed by atoms with van der Waals surface area (Å²) < 4.78 is 4.63. The molecule has 104 valence electrons. The highest BCUT2D eigenvalue weighted by Crippen LogP contribution is 2.31. The monoisotopic (exact) mass is 277 g/mol. The second-order valence-electron chi connectivity index (χ2n) is 4.45. The summed E-state index contributed by atoms with van der Waals surface area (Å²) in [7, 11) is 0. The van der Waals surface area contributed by atoms with Crippen LogP contribution in [-0.2, 0) is 4.79 Å². The van der Waals surface area contributed by atoms with Gasteiger partial charge in [-0.3, -0.25) is 14.9 Å². The van der Waals surface area contributed by atoms with Gasteiger partial charge in [0, 0.05) is 32.2 Å². The van der Waals surface area contributed by atoms with E-state index >= 15 is 0 Å². The normalized spacial score (nSPS) is 15.6. The highest BCUT2D eigenvalue weighted by Gasteiger charge is 2.24. The van der Waals surface area contributed by atoms with Crippen molar-refractivity contribution in [3.8, 4) is 0 Å². The smallest absolute Gasteiger partial charge is 0.300 e. The van der Waals surface area contributed by atoms with Crippen LogP contribution in [0.4, 0.5) is 11.4 Å². The van der Waals surface area contributed by atoms with Crippen LogP contribution in [0.2, 0.25) is 0 Å². The summed E-state index contributed by atoms with van der Waals surface area (Å²) in [5.41, 5.74) is 1.12. The van der Waals surface area contributed by atoms with Crippen LogP contribution in [0.15, 0.2) is 16.8 Å². The topological polar surface area (TPSA) is 106 Å². The summed E-state index contributed by atoms with van der Waals surface area (Å²) in [6, 6.07) is 3.04. The molecule has 1 saturated heterocycles. The molecule has 20 heavy (non-hydrogen) atoms. The first-order chi connectivity index (χ1) is 9.70. The van der Waals surface area contributed by atoms with Crippen LogP contribution in [0.1, 0.15) is 0 Å². The van der Waals surface area contributed by atoms with Gasteiger partial charge in [0.05, 0.1) is 10.6 Å². The largest absolute Gasteiger partial charge is 0.366 e. The fraction of sp³-hybridized carbons (Fsp3) is 0.364. The highest BCUT2D eigenvalue weighted by molar-refractivity contribution is 5.93. The predicted octanol–water partition coefficient (Wildman–Crippen LogP) is 0.409. The number of carbonyl (C=O) groups excluding carboxylic acids is 1. The molecular formula is C11H11N5O4. The maximum atomic E-state index is 10.9. The SMILES string of the molecule is O=CN1CCN(c2ccc([N+](=O)[O-])c3nonc23)CC1. The molecule has 2 heterocycles. The van der Waals surface area contributed by atoms with Crippen molar-refractivity contribution in [1.82, 2.24) is 15.2 Å². The van der Waals surface area contributed by atoms with Crippen molar-refractivity contribution in [3.05, 3.63) is 22.2 Å². The second-order valence-corrected chi connectivity index (χ2v) is 4.45. The zero-order valence-corrected chi connectivity index (χ0v) is 10.4. The average molecular weight is 277 g/mol. The molecule has 0 unspecified atom stereocenters. The Labute approximate surface area is 112 Å². The molecule has 2 aromatic rings. The van der Waals surface area contributed by atoms with E-state index in [1.54, 1.807) is 11.0 Å². The van der Waals surface area contributed by atoms with Crippen LogP contribution in [-0.4, -0.2) is 52.7 Å². The van der Waals surface area contributed by atoms with E-state index in [0.29, 0.717) is 31.7 Å². The number of hydrogen-bond acceptors (Lipinski definition) is 7. The summed E-state index contributed by atoms with van der Waals surface area (Å²) in [6.45, 7) is 2.48. The van der Waals surface area contributed by atoms with Crippen molar-refractivity contribution in [2.75, 3.05) is 31.1 Å². The molecule has 1 amide bonds. The molecule has 1 fully saturated rings. The van der Waals surface area contributed by atoms with Crippen LogP contribution in [0.3, 0.4) is 0 Å². The van der Waals surface area contributed by atoms with Crippen molar-refractivity contribution in [1.29, 1.82) is 0 Å². The van der Waals surface area contributed by atoms with E-state index < -0.39 is 4.92 Å². The molecule has 3 rings (SSSR count). The number of aromatic nitrogens is 2. The Hall–Kier alpha value is -2.71. The van der Waals surface area contributed by atoms with E-state index in [4.69, 9.17) is 0 Å². The molecule has 9 nitrogen and oxygen atoms in total. The molecular weight excluding hydrogens is 266 g/mol. The lowest BCUT2D eigenvalue weighted by atomic mass is 10.2. The minimum absolute atomic E-state index is 0.128. The summed E-state index contributed by atoms with van der Waals surface area (Å²) in [5, 5.41) is 18.3. The predicted molar refractivity (Wildman–Crippen MR) is 68.3 cm³/mol. The van der Waals surface area contributed by atoms with Gasteiger partial charge < -0.3 is 9.80 Å². The van der Waals surface area contributed by atoms with Gasteiger partial charge in [0.2, 0.25) is 11.9 Å². The Bertz CT molecular complexity index is 662. The lowest BCUT2D eigenvalue weighted by Gasteiger charge is -2.33. The summed E-state index contributed by atoms with van der Waals surface area (Å²) in [5.74, 6) is 0. The van der Waals surface area contributed by atoms with Crippen molar-refractivity contribution < 1.29 is 14.3 Å². The number of hydrogen-bond donors (Lipinski definition) is 0. The third-order valence-electron chi connectivity index (χ3n) is 3.37. The molecule has 0 bridgehead atoms. The Morgan fingerprint density at radius 1 is 1.20 bits per heavy atom. The van der Waals surface area contributed by atoms with E-state index in [1.807, 2.05) is 4.90 Å². The fourth-order valence-corrected chi connectivity index (χ4v) is 2.31. The van der Waals surface area contributed by atoms with Gasteiger partial charge in [-0.15, -0.1) is 0 Å². The van der Waals surface area contributed by atoms with Gasteiger partial charge in [-0.2, -0.15) is 0 Å². The van der Waals surface area contributed by atoms with E-state index in [1.165, 1.54) is 6.07 Å². The Balaban J connectivity index is 1.97. The lowest BCUT2D eigenvalue weighted by molar-refractivity contribution is -0.383. The van der Waals surface area contributed by atoms with Crippen molar-refractivity contribution in [2.45, 2.75) is 0 Å². The van der Waals surface area contributed by atoms with Crippen LogP contribution in [0.25, 0.3) is 11.0 Å². The van der Waals surface area contributed by atoms with Gasteiger partial charge in [-0.1, -0.05) is 0 Å². The van der Waals surface area contributed by atoms with E-state index in [2.05, 4.69) is 14.9 Å². The Morgan fingerprint density at radius 2 is 1.90 bits per heavy atom. The maximum Gasteiger partial charge on any atom is 0.300 e. The molecule has 0 N–H and O–H groups in total. The second kappa shape index (κ2) is 4.76. The zero-order valence-electron chi connectivity index (χ0n) is 10.4. The quantitative estimate of drug-likeness (QED) is 0.454. The van der Waals surface area contributed by atoms with Crippen molar-refractivity contribution in [2.24, 2.45) is 0 Å². The van der Waals surface area contributed by atoms with Gasteiger partial charge in [0.25, 0.3) is 0 Å². The molecule has 0 spiro atoms. The van der Waals surface area contributed by atoms with Gasteiger partial charge >= 0.3 is 5.69 Å². The van der Waals surface area contributed by atoms with Gasteiger partial charge in [0.15, 0.2) is 5.52 Å². The first kappa shape index (κ1) is 12.3. The number of nitro groups is 1. The fourth-order valence-electron chi connectivity index (χ4n) is 2.31. The molecule has 9 heteroatoms. The zero-order chi connectivity index (χ0) is 14.1. The Kier molecular flexibility index (Phi) is 2.93. The number of non-ortho nitro benzene ring substituents is 1. The molecule has 1 aromatic heterocycles. The number of rotatable bonds is 3. The summed E-state index contributed by atoms with van der Waals surface area (Å²) >= 11 is 0. The third kappa shape index (κ3) is 1.92. The molecule has 0 radical (unpaired) electrons. The van der Waals surface area contributed by atoms with Crippen LogP contribution in [0, 0.1) is 10.1 Å². The van der Waals surface area contributed by atoms with E-state index in [0.717, 1.165) is 12.1 Å². The summed E-state index contributed by atoms with van der Waals surface area (Å²) in [4.78, 5) is 24.8. The summed E-state index contributed by atoms with van der Waals surface area (Å²) in [6.07, 6.45) is 0.820. The average Bonchev–Trinajstić information content (AvgIpc) is 2.95. The van der Waals surface area contributed by atoms with Gasteiger partial charge in [0.1, 0.15) is 0 Å². The van der Waals surface area contributed by atoms with Crippen molar-refractivity contribution >= 4 is 28.8 Å².